The maximum atomic E-state index is 12.0. The lowest BCUT2D eigenvalue weighted by Gasteiger charge is -2.17. The summed E-state index contributed by atoms with van der Waals surface area (Å²) in [5.74, 6) is -0.765. The number of anilines is 1. The van der Waals surface area contributed by atoms with Crippen molar-refractivity contribution in [2.24, 2.45) is 0 Å². The average molecular weight is 319 g/mol. The predicted octanol–water partition coefficient (Wildman–Crippen LogP) is 1.25. The molecule has 110 valence electrons. The molecule has 8 heteroatoms. The van der Waals surface area contributed by atoms with Crippen LogP contribution in [-0.2, 0) is 19.1 Å². The van der Waals surface area contributed by atoms with Crippen molar-refractivity contribution >= 4 is 33.4 Å². The van der Waals surface area contributed by atoms with E-state index >= 15 is 0 Å². The summed E-state index contributed by atoms with van der Waals surface area (Å²) in [6.07, 6.45) is 1.43. The summed E-state index contributed by atoms with van der Waals surface area (Å²) < 4.78 is 28.7. The van der Waals surface area contributed by atoms with Gasteiger partial charge in [0.15, 0.2) is 0 Å². The molecule has 0 amide bonds. The largest absolute Gasteiger partial charge is 0.397 e. The molecule has 0 aromatic heterocycles. The molecule has 6 nitrogen and oxygen atoms in total. The van der Waals surface area contributed by atoms with Crippen LogP contribution in [0.2, 0.25) is 5.02 Å². The molecule has 1 aromatic rings. The van der Waals surface area contributed by atoms with E-state index in [1.54, 1.807) is 11.9 Å². The highest BCUT2D eigenvalue weighted by Gasteiger charge is 2.33. The Labute approximate surface area is 122 Å². The van der Waals surface area contributed by atoms with Crippen molar-refractivity contribution in [2.45, 2.75) is 23.8 Å². The Bertz CT molecular complexity index is 632. The van der Waals surface area contributed by atoms with Crippen LogP contribution in [0, 0.1) is 0 Å². The van der Waals surface area contributed by atoms with E-state index in [1.807, 2.05) is 0 Å². The van der Waals surface area contributed by atoms with E-state index in [2.05, 4.69) is 4.18 Å². The molecule has 1 aromatic carbocycles. The third kappa shape index (κ3) is 3.05. The van der Waals surface area contributed by atoms with Gasteiger partial charge in [-0.1, -0.05) is 11.6 Å². The van der Waals surface area contributed by atoms with Crippen molar-refractivity contribution < 1.29 is 17.4 Å². The normalized spacial score (nSPS) is 20.0. The number of rotatable bonds is 3. The molecule has 0 saturated carbocycles. The number of nitrogens with zero attached hydrogens (tertiary/aromatic N) is 1. The van der Waals surface area contributed by atoms with Gasteiger partial charge in [-0.15, -0.1) is 0 Å². The van der Waals surface area contributed by atoms with Gasteiger partial charge in [0, 0.05) is 0 Å². The zero-order valence-corrected chi connectivity index (χ0v) is 12.4. The standard InChI is InChI=1S/C12H15ClN2O4S/c1-15-6-2-3-11(15)12(16)19-20(17,18)8-4-5-9(13)10(14)7-8/h4-5,7,11H,2-3,6,14H2,1H3/t11-/m1/s1. The van der Waals surface area contributed by atoms with E-state index in [0.29, 0.717) is 6.42 Å². The first-order valence-electron chi connectivity index (χ1n) is 6.05. The van der Waals surface area contributed by atoms with Crippen molar-refractivity contribution in [3.05, 3.63) is 23.2 Å². The van der Waals surface area contributed by atoms with Crippen LogP contribution in [-0.4, -0.2) is 38.9 Å². The van der Waals surface area contributed by atoms with Crippen LogP contribution >= 0.6 is 11.6 Å². The second kappa shape index (κ2) is 5.59. The van der Waals surface area contributed by atoms with Crippen LogP contribution in [0.4, 0.5) is 5.69 Å². The number of nitrogen functional groups attached to an aromatic ring is 1. The fourth-order valence-corrected chi connectivity index (χ4v) is 3.14. The van der Waals surface area contributed by atoms with Gasteiger partial charge in [-0.3, -0.25) is 4.90 Å². The summed E-state index contributed by atoms with van der Waals surface area (Å²) in [6.45, 7) is 0.744. The molecule has 1 aliphatic heterocycles. The van der Waals surface area contributed by atoms with Crippen LogP contribution in [0.15, 0.2) is 23.1 Å². The number of carbonyl (C=O) groups is 1. The Kier molecular flexibility index (Phi) is 4.22. The summed E-state index contributed by atoms with van der Waals surface area (Å²) in [5, 5.41) is 0.241. The van der Waals surface area contributed by atoms with Crippen molar-refractivity contribution in [3.63, 3.8) is 0 Å². The maximum Gasteiger partial charge on any atom is 0.341 e. The predicted molar refractivity (Wildman–Crippen MR) is 74.8 cm³/mol. The van der Waals surface area contributed by atoms with Gasteiger partial charge in [0.1, 0.15) is 10.9 Å². The molecule has 0 spiro atoms. The van der Waals surface area contributed by atoms with Crippen molar-refractivity contribution in [3.8, 4) is 0 Å². The molecule has 0 radical (unpaired) electrons. The quantitative estimate of drug-likeness (QED) is 0.666. The Morgan fingerprint density at radius 3 is 2.75 bits per heavy atom. The Morgan fingerprint density at radius 2 is 2.20 bits per heavy atom. The Hall–Kier alpha value is -1.31. The van der Waals surface area contributed by atoms with Gasteiger partial charge in [-0.25, -0.2) is 4.79 Å². The van der Waals surface area contributed by atoms with Crippen LogP contribution in [0.3, 0.4) is 0 Å². The minimum absolute atomic E-state index is 0.113. The van der Waals surface area contributed by atoms with Gasteiger partial charge in [-0.2, -0.15) is 8.42 Å². The molecular weight excluding hydrogens is 304 g/mol. The lowest BCUT2D eigenvalue weighted by molar-refractivity contribution is -0.138. The smallest absolute Gasteiger partial charge is 0.341 e. The van der Waals surface area contributed by atoms with Gasteiger partial charge in [0.05, 0.1) is 10.7 Å². The fourth-order valence-electron chi connectivity index (χ4n) is 2.10. The highest BCUT2D eigenvalue weighted by molar-refractivity contribution is 7.87. The third-order valence-electron chi connectivity index (χ3n) is 3.24. The Balaban J connectivity index is 2.18. The van der Waals surface area contributed by atoms with Crippen LogP contribution in [0.1, 0.15) is 12.8 Å². The van der Waals surface area contributed by atoms with E-state index in [4.69, 9.17) is 17.3 Å². The summed E-state index contributed by atoms with van der Waals surface area (Å²) in [6, 6.07) is 3.25. The second-order valence-corrected chi connectivity index (χ2v) is 6.63. The topological polar surface area (TPSA) is 89.7 Å². The lowest BCUT2D eigenvalue weighted by atomic mass is 10.2. The van der Waals surface area contributed by atoms with E-state index in [1.165, 1.54) is 18.2 Å². The molecule has 20 heavy (non-hydrogen) atoms. The van der Waals surface area contributed by atoms with Crippen LogP contribution < -0.4 is 5.73 Å². The van der Waals surface area contributed by atoms with Gasteiger partial charge in [0.2, 0.25) is 0 Å². The molecule has 0 bridgehead atoms. The molecule has 1 aliphatic rings. The van der Waals surface area contributed by atoms with Crippen molar-refractivity contribution in [1.82, 2.24) is 4.90 Å². The zero-order chi connectivity index (χ0) is 14.9. The van der Waals surface area contributed by atoms with Gasteiger partial charge in [-0.05, 0) is 44.6 Å². The molecule has 1 fully saturated rings. The zero-order valence-electron chi connectivity index (χ0n) is 10.9. The number of hydrogen-bond acceptors (Lipinski definition) is 6. The molecule has 0 aliphatic carbocycles. The number of carbonyl (C=O) groups excluding carboxylic acids is 1. The van der Waals surface area contributed by atoms with Crippen LogP contribution in [0.5, 0.6) is 0 Å². The first-order valence-corrected chi connectivity index (χ1v) is 7.83. The SMILES string of the molecule is CN1CCC[C@@H]1C(=O)OS(=O)(=O)c1ccc(Cl)c(N)c1. The van der Waals surface area contributed by atoms with E-state index in [9.17, 15) is 13.2 Å². The average Bonchev–Trinajstić information content (AvgIpc) is 2.78. The van der Waals surface area contributed by atoms with E-state index in [0.717, 1.165) is 13.0 Å². The van der Waals surface area contributed by atoms with Gasteiger partial charge in [0.25, 0.3) is 0 Å². The summed E-state index contributed by atoms with van der Waals surface area (Å²) in [7, 11) is -2.42. The molecule has 2 N–H and O–H groups in total. The monoisotopic (exact) mass is 318 g/mol. The van der Waals surface area contributed by atoms with E-state index in [-0.39, 0.29) is 15.6 Å². The van der Waals surface area contributed by atoms with Crippen LogP contribution in [0.25, 0.3) is 0 Å². The number of nitrogens with two attached hydrogens (primary N) is 1. The number of halogens is 1. The first kappa shape index (κ1) is 15.1. The lowest BCUT2D eigenvalue weighted by Crippen LogP contribution is -2.35. The van der Waals surface area contributed by atoms with Gasteiger partial charge >= 0.3 is 16.1 Å². The number of benzene rings is 1. The number of likely N-dealkylation sites (tertiary alicyclic amines) is 1. The minimum Gasteiger partial charge on any atom is -0.397 e. The molecule has 2 rings (SSSR count). The second-order valence-electron chi connectivity index (χ2n) is 4.68. The van der Waals surface area contributed by atoms with Crippen molar-refractivity contribution in [1.29, 1.82) is 0 Å². The molecule has 1 saturated heterocycles. The molecule has 0 unspecified atom stereocenters. The number of likely N-dealkylation sites (N-methyl/N-ethyl adjacent to an activating group) is 1. The Morgan fingerprint density at radius 1 is 1.50 bits per heavy atom. The first-order chi connectivity index (χ1) is 9.31. The summed E-state index contributed by atoms with van der Waals surface area (Å²) >= 11 is 5.72. The third-order valence-corrected chi connectivity index (χ3v) is 4.80. The number of hydrogen-bond donors (Lipinski definition) is 1. The van der Waals surface area contributed by atoms with Crippen molar-refractivity contribution in [2.75, 3.05) is 19.3 Å². The molecule has 1 atom stereocenters. The molecule has 1 heterocycles. The summed E-state index contributed by atoms with van der Waals surface area (Å²) in [4.78, 5) is 13.5. The van der Waals surface area contributed by atoms with E-state index < -0.39 is 22.1 Å². The highest BCUT2D eigenvalue weighted by Crippen LogP contribution is 2.24. The maximum absolute atomic E-state index is 12.0. The molecular formula is C12H15ClN2O4S. The van der Waals surface area contributed by atoms with Gasteiger partial charge < -0.3 is 9.92 Å². The highest BCUT2D eigenvalue weighted by atomic mass is 35.5. The fraction of sp³-hybridized carbons (Fsp3) is 0.417. The minimum atomic E-state index is -4.17. The summed E-state index contributed by atoms with van der Waals surface area (Å²) in [5.41, 5.74) is 5.66.